The fraction of sp³-hybridized carbons (Fsp3) is 0.444. The Labute approximate surface area is 136 Å². The van der Waals surface area contributed by atoms with Crippen LogP contribution in [-0.2, 0) is 4.79 Å². The van der Waals surface area contributed by atoms with Crippen molar-refractivity contribution < 1.29 is 14.1 Å². The van der Waals surface area contributed by atoms with Gasteiger partial charge >= 0.3 is 0 Å². The van der Waals surface area contributed by atoms with Crippen LogP contribution >= 0.6 is 0 Å². The molecule has 1 aromatic carbocycles. The molecule has 122 valence electrons. The average Bonchev–Trinajstić information content (AvgIpc) is 2.99. The lowest BCUT2D eigenvalue weighted by Gasteiger charge is -2.22. The number of amides is 1. The van der Waals surface area contributed by atoms with Crippen LogP contribution in [0.3, 0.4) is 0 Å². The van der Waals surface area contributed by atoms with Crippen LogP contribution in [-0.4, -0.2) is 17.7 Å². The first-order valence-corrected chi connectivity index (χ1v) is 8.16. The van der Waals surface area contributed by atoms with Crippen LogP contribution in [0, 0.1) is 6.92 Å². The summed E-state index contributed by atoms with van der Waals surface area (Å²) in [6.45, 7) is 1.72. The van der Waals surface area contributed by atoms with E-state index < -0.39 is 0 Å². The summed E-state index contributed by atoms with van der Waals surface area (Å²) in [7, 11) is 0. The molecule has 1 N–H and O–H groups in total. The van der Waals surface area contributed by atoms with Gasteiger partial charge in [0.05, 0.1) is 0 Å². The van der Waals surface area contributed by atoms with E-state index in [0.717, 1.165) is 0 Å². The van der Waals surface area contributed by atoms with Gasteiger partial charge in [-0.25, -0.2) is 0 Å². The third-order valence-electron chi connectivity index (χ3n) is 4.22. The normalized spacial score (nSPS) is 15.3. The number of rotatable bonds is 5. The van der Waals surface area contributed by atoms with Crippen LogP contribution in [0.15, 0.2) is 34.9 Å². The summed E-state index contributed by atoms with van der Waals surface area (Å²) in [4.78, 5) is 11.8. The molecule has 0 aliphatic heterocycles. The SMILES string of the molecule is Cc1cc(NC(=O)COc2ccc(C3CCCCC3)cc2)no1. The third-order valence-corrected chi connectivity index (χ3v) is 4.22. The van der Waals surface area contributed by atoms with Gasteiger partial charge in [0.1, 0.15) is 11.5 Å². The number of carbonyl (C=O) groups is 1. The topological polar surface area (TPSA) is 64.4 Å². The minimum atomic E-state index is -0.255. The highest BCUT2D eigenvalue weighted by Crippen LogP contribution is 2.33. The first kappa shape index (κ1) is 15.6. The van der Waals surface area contributed by atoms with Crippen LogP contribution in [0.2, 0.25) is 0 Å². The summed E-state index contributed by atoms with van der Waals surface area (Å²) in [6, 6.07) is 9.78. The van der Waals surface area contributed by atoms with E-state index in [1.165, 1.54) is 37.7 Å². The fourth-order valence-corrected chi connectivity index (χ4v) is 3.03. The van der Waals surface area contributed by atoms with E-state index in [2.05, 4.69) is 22.6 Å². The molecule has 2 aromatic rings. The second-order valence-electron chi connectivity index (χ2n) is 6.06. The molecular weight excluding hydrogens is 292 g/mol. The van der Waals surface area contributed by atoms with Crippen LogP contribution < -0.4 is 10.1 Å². The molecular formula is C18H22N2O3. The summed E-state index contributed by atoms with van der Waals surface area (Å²) >= 11 is 0. The minimum absolute atomic E-state index is 0.0469. The monoisotopic (exact) mass is 314 g/mol. The van der Waals surface area contributed by atoms with E-state index in [4.69, 9.17) is 9.26 Å². The Morgan fingerprint density at radius 2 is 2.00 bits per heavy atom. The molecule has 1 heterocycles. The van der Waals surface area contributed by atoms with Crippen molar-refractivity contribution in [3.8, 4) is 5.75 Å². The van der Waals surface area contributed by atoms with Gasteiger partial charge in [0.25, 0.3) is 5.91 Å². The second kappa shape index (κ2) is 7.31. The number of aromatic nitrogens is 1. The van der Waals surface area contributed by atoms with E-state index >= 15 is 0 Å². The van der Waals surface area contributed by atoms with Crippen molar-refractivity contribution >= 4 is 11.7 Å². The molecule has 0 saturated heterocycles. The Balaban J connectivity index is 1.49. The summed E-state index contributed by atoms with van der Waals surface area (Å²) in [5.74, 6) is 2.19. The molecule has 1 aliphatic rings. The van der Waals surface area contributed by atoms with Gasteiger partial charge in [-0.2, -0.15) is 0 Å². The van der Waals surface area contributed by atoms with Crippen LogP contribution in [0.4, 0.5) is 5.82 Å². The maximum atomic E-state index is 11.8. The van der Waals surface area contributed by atoms with Crippen molar-refractivity contribution in [1.29, 1.82) is 0 Å². The number of ether oxygens (including phenoxy) is 1. The number of nitrogens with one attached hydrogen (secondary N) is 1. The van der Waals surface area contributed by atoms with E-state index in [-0.39, 0.29) is 12.5 Å². The lowest BCUT2D eigenvalue weighted by atomic mass is 9.84. The highest BCUT2D eigenvalue weighted by atomic mass is 16.5. The van der Waals surface area contributed by atoms with Crippen LogP contribution in [0.1, 0.15) is 49.3 Å². The number of hydrogen-bond acceptors (Lipinski definition) is 4. The Kier molecular flexibility index (Phi) is 4.95. The zero-order valence-electron chi connectivity index (χ0n) is 13.4. The highest BCUT2D eigenvalue weighted by Gasteiger charge is 2.15. The standard InChI is InChI=1S/C18H22N2O3/c1-13-11-17(20-23-13)19-18(21)12-22-16-9-7-15(8-10-16)14-5-3-2-4-6-14/h7-11,14H,2-6,12H2,1H3,(H,19,20,21). The molecule has 0 unspecified atom stereocenters. The Hall–Kier alpha value is -2.30. The Bertz CT molecular complexity index is 643. The zero-order valence-corrected chi connectivity index (χ0v) is 13.4. The zero-order chi connectivity index (χ0) is 16.1. The number of nitrogens with zero attached hydrogens (tertiary/aromatic N) is 1. The molecule has 1 aromatic heterocycles. The molecule has 0 spiro atoms. The van der Waals surface area contributed by atoms with E-state index in [1.54, 1.807) is 13.0 Å². The molecule has 5 nitrogen and oxygen atoms in total. The fourth-order valence-electron chi connectivity index (χ4n) is 3.03. The van der Waals surface area contributed by atoms with Gasteiger partial charge in [0.15, 0.2) is 12.4 Å². The number of aryl methyl sites for hydroxylation is 1. The van der Waals surface area contributed by atoms with E-state index in [0.29, 0.717) is 23.2 Å². The van der Waals surface area contributed by atoms with Crippen molar-refractivity contribution in [3.05, 3.63) is 41.7 Å². The van der Waals surface area contributed by atoms with Crippen molar-refractivity contribution in [2.24, 2.45) is 0 Å². The predicted octanol–water partition coefficient (Wildman–Crippen LogP) is 4.05. The van der Waals surface area contributed by atoms with Gasteiger partial charge in [-0.05, 0) is 43.4 Å². The third kappa shape index (κ3) is 4.34. The average molecular weight is 314 g/mol. The second-order valence-corrected chi connectivity index (χ2v) is 6.06. The molecule has 1 amide bonds. The number of hydrogen-bond donors (Lipinski definition) is 1. The van der Waals surface area contributed by atoms with Crippen molar-refractivity contribution in [2.75, 3.05) is 11.9 Å². The van der Waals surface area contributed by atoms with E-state index in [9.17, 15) is 4.79 Å². The first-order valence-electron chi connectivity index (χ1n) is 8.16. The molecule has 1 fully saturated rings. The number of benzene rings is 1. The lowest BCUT2D eigenvalue weighted by Crippen LogP contribution is -2.20. The minimum Gasteiger partial charge on any atom is -0.484 e. The predicted molar refractivity (Wildman–Crippen MR) is 87.6 cm³/mol. The maximum absolute atomic E-state index is 11.8. The smallest absolute Gasteiger partial charge is 0.263 e. The number of anilines is 1. The van der Waals surface area contributed by atoms with Crippen LogP contribution in [0.25, 0.3) is 0 Å². The molecule has 0 atom stereocenters. The molecule has 3 rings (SSSR count). The maximum Gasteiger partial charge on any atom is 0.263 e. The molecule has 23 heavy (non-hydrogen) atoms. The van der Waals surface area contributed by atoms with Crippen molar-refractivity contribution in [3.63, 3.8) is 0 Å². The quantitative estimate of drug-likeness (QED) is 0.904. The first-order chi connectivity index (χ1) is 11.2. The van der Waals surface area contributed by atoms with Gasteiger partial charge < -0.3 is 14.6 Å². The molecule has 5 heteroatoms. The Morgan fingerprint density at radius 1 is 1.26 bits per heavy atom. The van der Waals surface area contributed by atoms with Crippen molar-refractivity contribution in [1.82, 2.24) is 5.16 Å². The van der Waals surface area contributed by atoms with Gasteiger partial charge in [-0.3, -0.25) is 4.79 Å². The van der Waals surface area contributed by atoms with Gasteiger partial charge in [-0.15, -0.1) is 0 Å². The summed E-state index contributed by atoms with van der Waals surface area (Å²) in [5, 5.41) is 6.34. The van der Waals surface area contributed by atoms with E-state index in [1.807, 2.05) is 12.1 Å². The molecule has 1 saturated carbocycles. The van der Waals surface area contributed by atoms with Gasteiger partial charge in [0, 0.05) is 6.07 Å². The lowest BCUT2D eigenvalue weighted by molar-refractivity contribution is -0.118. The molecule has 0 bridgehead atoms. The van der Waals surface area contributed by atoms with Gasteiger partial charge in [-0.1, -0.05) is 36.6 Å². The summed E-state index contributed by atoms with van der Waals surface area (Å²) < 4.78 is 10.4. The number of carbonyl (C=O) groups excluding carboxylic acids is 1. The summed E-state index contributed by atoms with van der Waals surface area (Å²) in [6.07, 6.45) is 6.56. The molecule has 1 aliphatic carbocycles. The largest absolute Gasteiger partial charge is 0.484 e. The van der Waals surface area contributed by atoms with Crippen LogP contribution in [0.5, 0.6) is 5.75 Å². The van der Waals surface area contributed by atoms with Gasteiger partial charge in [0.2, 0.25) is 0 Å². The Morgan fingerprint density at radius 3 is 2.65 bits per heavy atom. The molecule has 0 radical (unpaired) electrons. The summed E-state index contributed by atoms with van der Waals surface area (Å²) in [5.41, 5.74) is 1.37. The highest BCUT2D eigenvalue weighted by molar-refractivity contribution is 5.90. The van der Waals surface area contributed by atoms with Crippen molar-refractivity contribution in [2.45, 2.75) is 44.9 Å².